The van der Waals surface area contributed by atoms with E-state index in [0.717, 1.165) is 17.9 Å². The van der Waals surface area contributed by atoms with Gasteiger partial charge < -0.3 is 11.1 Å². The van der Waals surface area contributed by atoms with E-state index in [0.29, 0.717) is 17.9 Å². The zero-order valence-corrected chi connectivity index (χ0v) is 12.8. The van der Waals surface area contributed by atoms with E-state index in [9.17, 15) is 4.79 Å². The summed E-state index contributed by atoms with van der Waals surface area (Å²) in [5.74, 6) is 2.07. The van der Waals surface area contributed by atoms with Gasteiger partial charge in [0, 0.05) is 18.7 Å². The van der Waals surface area contributed by atoms with E-state index in [1.54, 1.807) is 7.05 Å². The van der Waals surface area contributed by atoms with Gasteiger partial charge in [-0.3, -0.25) is 4.79 Å². The molecular formula is C18H26N2O. The first-order chi connectivity index (χ1) is 10.2. The van der Waals surface area contributed by atoms with E-state index in [-0.39, 0.29) is 5.91 Å². The molecule has 3 heteroatoms. The maximum atomic E-state index is 11.6. The molecule has 0 saturated heterocycles. The minimum atomic E-state index is -0.0113. The van der Waals surface area contributed by atoms with Gasteiger partial charge in [0.05, 0.1) is 0 Å². The first kappa shape index (κ1) is 14.6. The second kappa shape index (κ2) is 6.18. The molecule has 0 spiro atoms. The number of hydrogen-bond acceptors (Lipinski definition) is 2. The van der Waals surface area contributed by atoms with Crippen molar-refractivity contribution in [2.24, 2.45) is 17.6 Å². The number of fused-ring (bicyclic) bond motifs is 1. The lowest BCUT2D eigenvalue weighted by Crippen LogP contribution is -2.43. The maximum Gasteiger partial charge on any atom is 0.251 e. The fourth-order valence-corrected chi connectivity index (χ4v) is 4.46. The summed E-state index contributed by atoms with van der Waals surface area (Å²) in [5.41, 5.74) is 8.50. The molecule has 1 aromatic rings. The van der Waals surface area contributed by atoms with Crippen LogP contribution >= 0.6 is 0 Å². The number of amides is 1. The highest BCUT2D eigenvalue weighted by molar-refractivity contribution is 5.93. The Labute approximate surface area is 127 Å². The normalized spacial score (nSPS) is 32.3. The van der Waals surface area contributed by atoms with Gasteiger partial charge in [-0.05, 0) is 61.1 Å². The number of carbonyl (C=O) groups excluding carboxylic acids is 1. The summed E-state index contributed by atoms with van der Waals surface area (Å²) >= 11 is 0. The molecular weight excluding hydrogens is 260 g/mol. The third kappa shape index (κ3) is 2.84. The number of nitrogens with one attached hydrogen (secondary N) is 1. The average molecular weight is 286 g/mol. The number of benzene rings is 1. The van der Waals surface area contributed by atoms with Gasteiger partial charge in [0.15, 0.2) is 0 Å². The Morgan fingerprint density at radius 3 is 2.38 bits per heavy atom. The molecule has 0 aromatic heterocycles. The van der Waals surface area contributed by atoms with Crippen LogP contribution in [0.25, 0.3) is 0 Å². The predicted molar refractivity (Wildman–Crippen MR) is 85.2 cm³/mol. The highest BCUT2D eigenvalue weighted by Crippen LogP contribution is 2.47. The van der Waals surface area contributed by atoms with Crippen LogP contribution in [-0.2, 0) is 0 Å². The first-order valence-corrected chi connectivity index (χ1v) is 8.28. The zero-order valence-electron chi connectivity index (χ0n) is 12.8. The Kier molecular flexibility index (Phi) is 4.29. The van der Waals surface area contributed by atoms with Crippen molar-refractivity contribution in [3.8, 4) is 0 Å². The Hall–Kier alpha value is -1.35. The lowest BCUT2D eigenvalue weighted by molar-refractivity contribution is 0.0963. The molecule has 2 aliphatic carbocycles. The third-order valence-electron chi connectivity index (χ3n) is 5.58. The molecule has 3 N–H and O–H groups in total. The van der Waals surface area contributed by atoms with Gasteiger partial charge in [-0.2, -0.15) is 0 Å². The molecule has 1 amide bonds. The molecule has 21 heavy (non-hydrogen) atoms. The molecule has 1 aromatic carbocycles. The molecule has 0 heterocycles. The van der Waals surface area contributed by atoms with Gasteiger partial charge in [0.2, 0.25) is 0 Å². The van der Waals surface area contributed by atoms with Crippen molar-refractivity contribution in [2.75, 3.05) is 7.05 Å². The minimum absolute atomic E-state index is 0.0113. The van der Waals surface area contributed by atoms with Crippen molar-refractivity contribution in [2.45, 2.75) is 50.5 Å². The van der Waals surface area contributed by atoms with Gasteiger partial charge in [-0.25, -0.2) is 0 Å². The Morgan fingerprint density at radius 2 is 1.71 bits per heavy atom. The van der Waals surface area contributed by atoms with Crippen LogP contribution in [0.2, 0.25) is 0 Å². The van der Waals surface area contributed by atoms with Gasteiger partial charge in [0.25, 0.3) is 5.91 Å². The fourth-order valence-electron chi connectivity index (χ4n) is 4.46. The van der Waals surface area contributed by atoms with Crippen molar-refractivity contribution in [3.63, 3.8) is 0 Å². The van der Waals surface area contributed by atoms with E-state index >= 15 is 0 Å². The van der Waals surface area contributed by atoms with Crippen LogP contribution in [0.5, 0.6) is 0 Å². The standard InChI is InChI=1S/C18H26N2O/c1-20-18(21)13-8-6-12(7-9-13)14-10-11-17(19)16-5-3-2-4-15(14)16/h6-9,14-17H,2-5,10-11,19H2,1H3,(H,20,21). The summed E-state index contributed by atoms with van der Waals surface area (Å²) in [6, 6.07) is 8.62. The fraction of sp³-hybridized carbons (Fsp3) is 0.611. The molecule has 0 radical (unpaired) electrons. The molecule has 3 nitrogen and oxygen atoms in total. The number of nitrogens with two attached hydrogens (primary N) is 1. The quantitative estimate of drug-likeness (QED) is 0.878. The average Bonchev–Trinajstić information content (AvgIpc) is 2.55. The van der Waals surface area contributed by atoms with Gasteiger partial charge in [-0.15, -0.1) is 0 Å². The Bertz CT molecular complexity index is 496. The lowest BCUT2D eigenvalue weighted by Gasteiger charge is -2.45. The molecule has 2 fully saturated rings. The molecule has 2 aliphatic rings. The van der Waals surface area contributed by atoms with Crippen LogP contribution in [0, 0.1) is 11.8 Å². The zero-order chi connectivity index (χ0) is 14.8. The molecule has 0 aliphatic heterocycles. The van der Waals surface area contributed by atoms with Crippen LogP contribution in [0.4, 0.5) is 0 Å². The Balaban J connectivity index is 1.80. The van der Waals surface area contributed by atoms with Crippen molar-refractivity contribution >= 4 is 5.91 Å². The van der Waals surface area contributed by atoms with E-state index in [2.05, 4.69) is 17.4 Å². The van der Waals surface area contributed by atoms with E-state index in [4.69, 9.17) is 5.73 Å². The van der Waals surface area contributed by atoms with Crippen LogP contribution < -0.4 is 11.1 Å². The van der Waals surface area contributed by atoms with E-state index < -0.39 is 0 Å². The summed E-state index contributed by atoms with van der Waals surface area (Å²) in [5, 5.41) is 2.68. The second-order valence-electron chi connectivity index (χ2n) is 6.66. The number of carbonyl (C=O) groups is 1. The summed E-state index contributed by atoms with van der Waals surface area (Å²) < 4.78 is 0. The summed E-state index contributed by atoms with van der Waals surface area (Å²) in [6.45, 7) is 0. The highest BCUT2D eigenvalue weighted by Gasteiger charge is 2.39. The minimum Gasteiger partial charge on any atom is -0.355 e. The van der Waals surface area contributed by atoms with Crippen molar-refractivity contribution in [3.05, 3.63) is 35.4 Å². The molecule has 0 bridgehead atoms. The van der Waals surface area contributed by atoms with Gasteiger partial charge in [0.1, 0.15) is 0 Å². The van der Waals surface area contributed by atoms with E-state index in [1.165, 1.54) is 37.7 Å². The molecule has 4 unspecified atom stereocenters. The molecule has 4 atom stereocenters. The Morgan fingerprint density at radius 1 is 1.05 bits per heavy atom. The first-order valence-electron chi connectivity index (χ1n) is 8.28. The lowest BCUT2D eigenvalue weighted by atomic mass is 9.62. The van der Waals surface area contributed by atoms with Crippen LogP contribution in [0.1, 0.15) is 60.4 Å². The predicted octanol–water partition coefficient (Wildman–Crippen LogP) is 3.06. The van der Waals surface area contributed by atoms with Crippen LogP contribution in [-0.4, -0.2) is 19.0 Å². The monoisotopic (exact) mass is 286 g/mol. The summed E-state index contributed by atoms with van der Waals surface area (Å²) in [6.07, 6.45) is 7.65. The topological polar surface area (TPSA) is 55.1 Å². The number of hydrogen-bond donors (Lipinski definition) is 2. The molecule has 3 rings (SSSR count). The second-order valence-corrected chi connectivity index (χ2v) is 6.66. The highest BCUT2D eigenvalue weighted by atomic mass is 16.1. The largest absolute Gasteiger partial charge is 0.355 e. The van der Waals surface area contributed by atoms with Crippen LogP contribution in [0.15, 0.2) is 24.3 Å². The van der Waals surface area contributed by atoms with Crippen molar-refractivity contribution < 1.29 is 4.79 Å². The third-order valence-corrected chi connectivity index (χ3v) is 5.58. The van der Waals surface area contributed by atoms with Crippen molar-refractivity contribution in [1.82, 2.24) is 5.32 Å². The van der Waals surface area contributed by atoms with E-state index in [1.807, 2.05) is 12.1 Å². The molecule has 114 valence electrons. The molecule has 2 saturated carbocycles. The van der Waals surface area contributed by atoms with Crippen molar-refractivity contribution in [1.29, 1.82) is 0 Å². The van der Waals surface area contributed by atoms with Crippen LogP contribution in [0.3, 0.4) is 0 Å². The maximum absolute atomic E-state index is 11.6. The smallest absolute Gasteiger partial charge is 0.251 e. The summed E-state index contributed by atoms with van der Waals surface area (Å²) in [4.78, 5) is 11.6. The summed E-state index contributed by atoms with van der Waals surface area (Å²) in [7, 11) is 1.67. The van der Waals surface area contributed by atoms with Gasteiger partial charge in [-0.1, -0.05) is 25.0 Å². The number of rotatable bonds is 2. The SMILES string of the molecule is CNC(=O)c1ccc(C2CCC(N)C3CCCCC23)cc1. The van der Waals surface area contributed by atoms with Gasteiger partial charge >= 0.3 is 0 Å².